The van der Waals surface area contributed by atoms with Gasteiger partial charge in [0.05, 0.1) is 24.4 Å². The van der Waals surface area contributed by atoms with E-state index in [2.05, 4.69) is 10.4 Å². The van der Waals surface area contributed by atoms with Crippen LogP contribution >= 0.6 is 0 Å². The fourth-order valence-electron chi connectivity index (χ4n) is 3.72. The molecule has 1 N–H and O–H groups in total. The van der Waals surface area contributed by atoms with Gasteiger partial charge in [0.25, 0.3) is 0 Å². The first-order valence-corrected chi connectivity index (χ1v) is 9.13. The van der Waals surface area contributed by atoms with Gasteiger partial charge in [0.15, 0.2) is 5.78 Å². The lowest BCUT2D eigenvalue weighted by Crippen LogP contribution is -2.28. The Kier molecular flexibility index (Phi) is 4.47. The van der Waals surface area contributed by atoms with Crippen LogP contribution in [0, 0.1) is 13.8 Å². The highest BCUT2D eigenvalue weighted by atomic mass is 16.5. The summed E-state index contributed by atoms with van der Waals surface area (Å²) in [7, 11) is 1.61. The summed E-state index contributed by atoms with van der Waals surface area (Å²) in [4.78, 5) is 25.7. The molecule has 0 saturated heterocycles. The molecule has 0 fully saturated rings. The summed E-state index contributed by atoms with van der Waals surface area (Å²) >= 11 is 0. The van der Waals surface area contributed by atoms with Gasteiger partial charge in [0.1, 0.15) is 11.6 Å². The van der Waals surface area contributed by atoms with Crippen LogP contribution in [0.4, 0.5) is 5.82 Å². The predicted octanol–water partition coefficient (Wildman–Crippen LogP) is 3.81. The first-order chi connectivity index (χ1) is 13.5. The van der Waals surface area contributed by atoms with E-state index in [0.717, 1.165) is 28.3 Å². The molecule has 1 aromatic heterocycles. The van der Waals surface area contributed by atoms with E-state index in [1.165, 1.54) is 0 Å². The lowest BCUT2D eigenvalue weighted by molar-refractivity contribution is -0.116. The van der Waals surface area contributed by atoms with Crippen LogP contribution in [0.2, 0.25) is 0 Å². The number of anilines is 1. The van der Waals surface area contributed by atoms with E-state index in [9.17, 15) is 9.59 Å². The number of carbonyl (C=O) groups excluding carboxylic acids is 2. The molecule has 2 heterocycles. The zero-order valence-electron chi connectivity index (χ0n) is 16.0. The minimum atomic E-state index is -0.545. The number of methoxy groups -OCH3 is 1. The van der Waals surface area contributed by atoms with E-state index in [0.29, 0.717) is 11.4 Å². The van der Waals surface area contributed by atoms with Crippen LogP contribution in [0.3, 0.4) is 0 Å². The molecule has 1 atom stereocenters. The molecule has 1 amide bonds. The molecule has 2 aromatic carbocycles. The van der Waals surface area contributed by atoms with Crippen LogP contribution in [0.5, 0.6) is 5.75 Å². The first-order valence-electron chi connectivity index (χ1n) is 9.13. The average Bonchev–Trinajstić information content (AvgIpc) is 3.03. The van der Waals surface area contributed by atoms with Crippen LogP contribution < -0.4 is 10.1 Å². The van der Waals surface area contributed by atoms with E-state index < -0.39 is 5.92 Å². The number of amides is 1. The summed E-state index contributed by atoms with van der Waals surface area (Å²) in [5.41, 5.74) is 3.85. The molecule has 3 aromatic rings. The van der Waals surface area contributed by atoms with Crippen molar-refractivity contribution in [3.05, 3.63) is 70.9 Å². The normalized spacial score (nSPS) is 15.7. The fraction of sp³-hybridized carbons (Fsp3) is 0.227. The maximum Gasteiger partial charge on any atom is 0.226 e. The number of benzene rings is 2. The van der Waals surface area contributed by atoms with Crippen LogP contribution in [-0.2, 0) is 4.79 Å². The van der Waals surface area contributed by atoms with Crippen molar-refractivity contribution in [3.63, 3.8) is 0 Å². The maximum absolute atomic E-state index is 13.3. The highest BCUT2D eigenvalue weighted by Crippen LogP contribution is 2.38. The standard InChI is InChI=1S/C22H21N3O3/c1-13-6-4-5-7-17(13)21(27)18-12-19(26)23-22-20(18)14(2)24-25(22)15-8-10-16(28-3)11-9-15/h4-11,18H,12H2,1-3H3,(H,23,26). The second-order valence-electron chi connectivity index (χ2n) is 6.94. The quantitative estimate of drug-likeness (QED) is 0.704. The maximum atomic E-state index is 13.3. The highest BCUT2D eigenvalue weighted by molar-refractivity contribution is 6.08. The molecule has 28 heavy (non-hydrogen) atoms. The third-order valence-corrected chi connectivity index (χ3v) is 5.15. The number of aromatic nitrogens is 2. The number of hydrogen-bond acceptors (Lipinski definition) is 4. The van der Waals surface area contributed by atoms with Gasteiger partial charge >= 0.3 is 0 Å². The predicted molar refractivity (Wildman–Crippen MR) is 106 cm³/mol. The Balaban J connectivity index is 1.81. The van der Waals surface area contributed by atoms with Crippen LogP contribution in [0.25, 0.3) is 5.69 Å². The van der Waals surface area contributed by atoms with E-state index >= 15 is 0 Å². The van der Waals surface area contributed by atoms with Gasteiger partial charge in [-0.25, -0.2) is 4.68 Å². The largest absolute Gasteiger partial charge is 0.497 e. The Hall–Kier alpha value is -3.41. The summed E-state index contributed by atoms with van der Waals surface area (Å²) in [5, 5.41) is 7.52. The Bertz CT molecular complexity index is 1070. The minimum absolute atomic E-state index is 0.0495. The number of aryl methyl sites for hydroxylation is 2. The van der Waals surface area contributed by atoms with Gasteiger partial charge in [-0.3, -0.25) is 9.59 Å². The number of ether oxygens (including phenoxy) is 1. The number of Topliss-reactive ketones (excluding diaryl/α,β-unsaturated/α-hetero) is 1. The van der Waals surface area contributed by atoms with Crippen molar-refractivity contribution >= 4 is 17.5 Å². The molecule has 0 aliphatic carbocycles. The molecule has 1 unspecified atom stereocenters. The number of ketones is 1. The topological polar surface area (TPSA) is 73.2 Å². The molecule has 1 aliphatic heterocycles. The Morgan fingerprint density at radius 3 is 2.54 bits per heavy atom. The Labute approximate surface area is 163 Å². The van der Waals surface area contributed by atoms with Crippen molar-refractivity contribution in [2.75, 3.05) is 12.4 Å². The second-order valence-corrected chi connectivity index (χ2v) is 6.94. The van der Waals surface area contributed by atoms with Gasteiger partial charge in [-0.1, -0.05) is 24.3 Å². The molecule has 0 bridgehead atoms. The van der Waals surface area contributed by atoms with E-state index in [1.807, 2.05) is 62.4 Å². The molecule has 1 aliphatic rings. The van der Waals surface area contributed by atoms with Crippen molar-refractivity contribution in [1.29, 1.82) is 0 Å². The molecule has 0 spiro atoms. The zero-order chi connectivity index (χ0) is 19.8. The van der Waals surface area contributed by atoms with Crippen LogP contribution in [0.15, 0.2) is 48.5 Å². The van der Waals surface area contributed by atoms with Crippen molar-refractivity contribution in [1.82, 2.24) is 9.78 Å². The number of carbonyl (C=O) groups is 2. The zero-order valence-corrected chi connectivity index (χ0v) is 16.0. The van der Waals surface area contributed by atoms with Crippen molar-refractivity contribution < 1.29 is 14.3 Å². The lowest BCUT2D eigenvalue weighted by Gasteiger charge is -2.23. The first kappa shape index (κ1) is 18.0. The lowest BCUT2D eigenvalue weighted by atomic mass is 9.84. The molecule has 0 saturated carbocycles. The second kappa shape index (κ2) is 6.96. The number of nitrogens with zero attached hydrogens (tertiary/aromatic N) is 2. The number of nitrogens with one attached hydrogen (secondary N) is 1. The van der Waals surface area contributed by atoms with Gasteiger partial charge in [-0.2, -0.15) is 5.10 Å². The van der Waals surface area contributed by atoms with E-state index in [4.69, 9.17) is 4.74 Å². The number of hydrogen-bond donors (Lipinski definition) is 1. The molecular formula is C22H21N3O3. The Morgan fingerprint density at radius 2 is 1.86 bits per heavy atom. The van der Waals surface area contributed by atoms with Gasteiger partial charge in [0.2, 0.25) is 5.91 Å². The summed E-state index contributed by atoms with van der Waals surface area (Å²) in [5.74, 6) is 0.515. The highest BCUT2D eigenvalue weighted by Gasteiger charge is 2.36. The summed E-state index contributed by atoms with van der Waals surface area (Å²) < 4.78 is 6.88. The van der Waals surface area contributed by atoms with Crippen molar-refractivity contribution in [3.8, 4) is 11.4 Å². The van der Waals surface area contributed by atoms with Crippen molar-refractivity contribution in [2.45, 2.75) is 26.2 Å². The summed E-state index contributed by atoms with van der Waals surface area (Å²) in [6.07, 6.45) is 0.120. The third-order valence-electron chi connectivity index (χ3n) is 5.15. The molecule has 4 rings (SSSR count). The van der Waals surface area contributed by atoms with Gasteiger partial charge < -0.3 is 10.1 Å². The number of rotatable bonds is 4. The van der Waals surface area contributed by atoms with Crippen LogP contribution in [0.1, 0.15) is 39.5 Å². The average molecular weight is 375 g/mol. The monoisotopic (exact) mass is 375 g/mol. The van der Waals surface area contributed by atoms with Gasteiger partial charge in [-0.15, -0.1) is 0 Å². The SMILES string of the molecule is COc1ccc(-n2nc(C)c3c2NC(=O)CC3C(=O)c2ccccc2C)cc1. The molecule has 6 nitrogen and oxygen atoms in total. The van der Waals surface area contributed by atoms with E-state index in [1.54, 1.807) is 11.8 Å². The van der Waals surface area contributed by atoms with E-state index in [-0.39, 0.29) is 18.1 Å². The smallest absolute Gasteiger partial charge is 0.226 e. The number of fused-ring (bicyclic) bond motifs is 1. The molecule has 0 radical (unpaired) electrons. The fourth-order valence-corrected chi connectivity index (χ4v) is 3.72. The molecular weight excluding hydrogens is 354 g/mol. The minimum Gasteiger partial charge on any atom is -0.497 e. The summed E-state index contributed by atoms with van der Waals surface area (Å²) in [6, 6.07) is 14.9. The molecule has 142 valence electrons. The van der Waals surface area contributed by atoms with Crippen LogP contribution in [-0.4, -0.2) is 28.6 Å². The van der Waals surface area contributed by atoms with Gasteiger partial charge in [-0.05, 0) is 43.7 Å². The van der Waals surface area contributed by atoms with Crippen molar-refractivity contribution in [2.24, 2.45) is 0 Å². The third kappa shape index (κ3) is 2.97. The molecule has 6 heteroatoms. The Morgan fingerprint density at radius 1 is 1.14 bits per heavy atom. The summed E-state index contributed by atoms with van der Waals surface area (Å²) in [6.45, 7) is 3.78. The van der Waals surface area contributed by atoms with Gasteiger partial charge in [0, 0.05) is 17.5 Å².